The van der Waals surface area contributed by atoms with Crippen molar-refractivity contribution in [1.29, 1.82) is 0 Å². The maximum Gasteiger partial charge on any atom is 0.178 e. The largest absolute Gasteiger partial charge is 0.456 e. The quantitative estimate of drug-likeness (QED) is 0.187. The summed E-state index contributed by atoms with van der Waals surface area (Å²) < 4.78 is 24.2. The van der Waals surface area contributed by atoms with Crippen molar-refractivity contribution in [3.05, 3.63) is 164 Å². The lowest BCUT2D eigenvalue weighted by Crippen LogP contribution is -2.30. The summed E-state index contributed by atoms with van der Waals surface area (Å²) in [6.07, 6.45) is 0. The summed E-state index contributed by atoms with van der Waals surface area (Å²) >= 11 is 0. The van der Waals surface area contributed by atoms with Gasteiger partial charge in [-0.05, 0) is 70.4 Å². The molecule has 1 aliphatic heterocycles. The van der Waals surface area contributed by atoms with Crippen LogP contribution in [0.25, 0.3) is 50.0 Å². The van der Waals surface area contributed by atoms with E-state index in [9.17, 15) is 0 Å². The van der Waals surface area contributed by atoms with Gasteiger partial charge in [-0.1, -0.05) is 115 Å². The number of hydrogen-bond acceptors (Lipinski definition) is 3. The summed E-state index contributed by atoms with van der Waals surface area (Å²) in [5.74, 6) is 2.18. The van der Waals surface area contributed by atoms with Gasteiger partial charge in [-0.2, -0.15) is 0 Å². The third kappa shape index (κ3) is 4.15. The first-order valence-corrected chi connectivity index (χ1v) is 17.0. The second kappa shape index (κ2) is 10.4. The number of rotatable bonds is 4. The molecule has 0 aliphatic carbocycles. The van der Waals surface area contributed by atoms with Gasteiger partial charge in [-0.3, -0.25) is 4.57 Å². The molecule has 5 heteroatoms. The third-order valence-electron chi connectivity index (χ3n) is 8.86. The fourth-order valence-electron chi connectivity index (χ4n) is 6.60. The van der Waals surface area contributed by atoms with Crippen LogP contribution in [0.5, 0.6) is 11.5 Å². The average Bonchev–Trinajstić information content (AvgIpc) is 3.52. The van der Waals surface area contributed by atoms with Crippen molar-refractivity contribution in [1.82, 2.24) is 9.55 Å². The first-order valence-electron chi connectivity index (χ1n) is 15.3. The molecule has 1 atom stereocenters. The van der Waals surface area contributed by atoms with E-state index in [0.717, 1.165) is 65.9 Å². The number of hydrogen-bond donors (Lipinski definition) is 0. The van der Waals surface area contributed by atoms with Gasteiger partial charge in [-0.15, -0.1) is 0 Å². The predicted molar refractivity (Wildman–Crippen MR) is 189 cm³/mol. The van der Waals surface area contributed by atoms with Gasteiger partial charge in [0.25, 0.3) is 0 Å². The highest BCUT2D eigenvalue weighted by Crippen LogP contribution is 2.52. The Morgan fingerprint density at radius 2 is 1.15 bits per heavy atom. The van der Waals surface area contributed by atoms with E-state index in [2.05, 4.69) is 71.3 Å². The first kappa shape index (κ1) is 26.7. The van der Waals surface area contributed by atoms with Gasteiger partial charge in [0.15, 0.2) is 7.14 Å². The van der Waals surface area contributed by atoms with Gasteiger partial charge in [0.1, 0.15) is 17.3 Å². The molecule has 46 heavy (non-hydrogen) atoms. The van der Waals surface area contributed by atoms with Crippen molar-refractivity contribution < 1.29 is 9.30 Å². The van der Waals surface area contributed by atoms with E-state index in [-0.39, 0.29) is 0 Å². The zero-order valence-electron chi connectivity index (χ0n) is 24.7. The molecule has 8 aromatic rings. The van der Waals surface area contributed by atoms with Crippen molar-refractivity contribution in [2.75, 3.05) is 0 Å². The molecule has 7 aromatic carbocycles. The average molecular weight is 611 g/mol. The van der Waals surface area contributed by atoms with Crippen LogP contribution in [-0.4, -0.2) is 9.55 Å². The van der Waals surface area contributed by atoms with E-state index >= 15 is 4.57 Å². The number of nitrogens with zero attached hydrogens (tertiary/aromatic N) is 2. The van der Waals surface area contributed by atoms with E-state index in [4.69, 9.17) is 9.72 Å². The monoisotopic (exact) mass is 610 g/mol. The minimum atomic E-state index is -3.25. The SMILES string of the molecule is O=P1(c2ccccc2)c2cc(-c3ccc(-n4c(-c5ccccc5)nc5ccccc54)cc3)ccc2Oc2cc3ccccc3cc21. The lowest BCUT2D eigenvalue weighted by molar-refractivity contribution is 0.486. The zero-order valence-corrected chi connectivity index (χ0v) is 25.6. The number of imidazole rings is 1. The molecule has 1 unspecified atom stereocenters. The number of aromatic nitrogens is 2. The van der Waals surface area contributed by atoms with Crippen LogP contribution in [0.15, 0.2) is 164 Å². The number of para-hydroxylation sites is 2. The Labute approximate surface area is 266 Å². The van der Waals surface area contributed by atoms with Crippen LogP contribution in [0.3, 0.4) is 0 Å². The van der Waals surface area contributed by atoms with Crippen LogP contribution < -0.4 is 20.7 Å². The second-order valence-electron chi connectivity index (χ2n) is 11.6. The molecule has 0 spiro atoms. The van der Waals surface area contributed by atoms with E-state index in [1.54, 1.807) is 0 Å². The van der Waals surface area contributed by atoms with E-state index in [1.165, 1.54) is 0 Å². The molecular weight excluding hydrogens is 583 g/mol. The summed E-state index contributed by atoms with van der Waals surface area (Å²) in [5, 5.41) is 4.34. The summed E-state index contributed by atoms with van der Waals surface area (Å²) in [4.78, 5) is 4.99. The van der Waals surface area contributed by atoms with Crippen LogP contribution >= 0.6 is 7.14 Å². The summed E-state index contributed by atoms with van der Waals surface area (Å²) in [6, 6.07) is 55.1. The van der Waals surface area contributed by atoms with E-state index in [1.807, 2.05) is 97.1 Å². The Bertz CT molecular complexity index is 2470. The molecule has 0 N–H and O–H groups in total. The maximum absolute atomic E-state index is 15.5. The Balaban J connectivity index is 1.17. The Morgan fingerprint density at radius 1 is 0.522 bits per heavy atom. The minimum absolute atomic E-state index is 0.632. The molecule has 0 radical (unpaired) electrons. The fourth-order valence-corrected chi connectivity index (χ4v) is 9.50. The minimum Gasteiger partial charge on any atom is -0.456 e. The maximum atomic E-state index is 15.5. The van der Waals surface area contributed by atoms with Crippen LogP contribution in [0.1, 0.15) is 0 Å². The normalized spacial score (nSPS) is 15.3. The molecule has 0 bridgehead atoms. The molecule has 2 heterocycles. The van der Waals surface area contributed by atoms with Crippen molar-refractivity contribution in [3.63, 3.8) is 0 Å². The highest BCUT2D eigenvalue weighted by molar-refractivity contribution is 7.85. The molecule has 0 saturated carbocycles. The van der Waals surface area contributed by atoms with Crippen molar-refractivity contribution in [2.24, 2.45) is 0 Å². The van der Waals surface area contributed by atoms with Crippen LogP contribution in [-0.2, 0) is 4.57 Å². The van der Waals surface area contributed by atoms with Gasteiger partial charge in [-0.25, -0.2) is 4.98 Å². The van der Waals surface area contributed by atoms with Gasteiger partial charge < -0.3 is 9.30 Å². The van der Waals surface area contributed by atoms with Crippen LogP contribution in [0.2, 0.25) is 0 Å². The molecule has 0 saturated heterocycles. The van der Waals surface area contributed by atoms with E-state index in [0.29, 0.717) is 11.5 Å². The zero-order chi connectivity index (χ0) is 30.7. The summed E-state index contributed by atoms with van der Waals surface area (Å²) in [7, 11) is -3.25. The molecular formula is C41H27N2O2P. The summed E-state index contributed by atoms with van der Waals surface area (Å²) in [6.45, 7) is 0. The van der Waals surface area contributed by atoms with Gasteiger partial charge >= 0.3 is 0 Å². The lowest BCUT2D eigenvalue weighted by atomic mass is 10.0. The molecule has 218 valence electrons. The van der Waals surface area contributed by atoms with Gasteiger partial charge in [0.2, 0.25) is 0 Å². The number of ether oxygens (including phenoxy) is 1. The predicted octanol–water partition coefficient (Wildman–Crippen LogP) is 9.26. The smallest absolute Gasteiger partial charge is 0.178 e. The topological polar surface area (TPSA) is 44.1 Å². The Kier molecular flexibility index (Phi) is 6.06. The highest BCUT2D eigenvalue weighted by atomic mass is 31.2. The number of fused-ring (bicyclic) bond motifs is 4. The molecule has 0 amide bonds. The fraction of sp³-hybridized carbons (Fsp3) is 0. The van der Waals surface area contributed by atoms with Crippen molar-refractivity contribution in [3.8, 4) is 39.7 Å². The van der Waals surface area contributed by atoms with Crippen molar-refractivity contribution >= 4 is 44.9 Å². The number of benzene rings is 7. The molecule has 0 fully saturated rings. The van der Waals surface area contributed by atoms with Gasteiger partial charge in [0.05, 0.1) is 21.6 Å². The van der Waals surface area contributed by atoms with Crippen LogP contribution in [0, 0.1) is 0 Å². The molecule has 9 rings (SSSR count). The van der Waals surface area contributed by atoms with Crippen LogP contribution in [0.4, 0.5) is 0 Å². The van der Waals surface area contributed by atoms with E-state index < -0.39 is 7.14 Å². The lowest BCUT2D eigenvalue weighted by Gasteiger charge is -2.30. The first-order chi connectivity index (χ1) is 22.7. The standard InChI is InChI=1S/C41H27N2O2P/c44-46(34-15-5-2-6-16-34)39-27-32(21-24-37(39)45-38-25-30-13-7-8-14-31(30)26-40(38)46)28-19-22-33(23-20-28)43-36-18-10-9-17-35(36)42-41(43)29-11-3-1-4-12-29/h1-27H. The Morgan fingerprint density at radius 3 is 1.93 bits per heavy atom. The summed E-state index contributed by atoms with van der Waals surface area (Å²) in [5.41, 5.74) is 6.09. The molecule has 4 nitrogen and oxygen atoms in total. The van der Waals surface area contributed by atoms with Gasteiger partial charge in [0, 0.05) is 16.6 Å². The second-order valence-corrected chi connectivity index (χ2v) is 14.3. The van der Waals surface area contributed by atoms with Crippen molar-refractivity contribution in [2.45, 2.75) is 0 Å². The molecule has 1 aliphatic rings. The highest BCUT2D eigenvalue weighted by Gasteiger charge is 2.39. The molecule has 1 aromatic heterocycles. The third-order valence-corrected chi connectivity index (χ3v) is 11.9. The Hall–Kier alpha value is -5.70.